The molecule has 29 heavy (non-hydrogen) atoms. The van der Waals surface area contributed by atoms with Crippen LogP contribution in [-0.2, 0) is 16.6 Å². The van der Waals surface area contributed by atoms with Gasteiger partial charge in [0.15, 0.2) is 0 Å². The van der Waals surface area contributed by atoms with E-state index in [1.165, 1.54) is 4.31 Å². The molecule has 0 heterocycles. The highest BCUT2D eigenvalue weighted by atomic mass is 32.2. The SMILES string of the molecule is CCN(CC)S(=O)(=O)c1ccc(CNC(=O)NCCOc2cccc(C)c2)cc1. The number of ether oxygens (including phenoxy) is 1. The lowest BCUT2D eigenvalue weighted by Crippen LogP contribution is -2.37. The van der Waals surface area contributed by atoms with Crippen molar-refractivity contribution in [2.24, 2.45) is 0 Å². The van der Waals surface area contributed by atoms with E-state index in [0.29, 0.717) is 32.8 Å². The Morgan fingerprint density at radius 1 is 1.03 bits per heavy atom. The highest BCUT2D eigenvalue weighted by molar-refractivity contribution is 7.89. The zero-order valence-corrected chi connectivity index (χ0v) is 18.0. The standard InChI is InChI=1S/C21H29N3O4S/c1-4-24(5-2)29(26,27)20-11-9-18(10-12-20)16-23-21(25)22-13-14-28-19-8-6-7-17(3)15-19/h6-12,15H,4-5,13-14,16H2,1-3H3,(H2,22,23,25). The van der Waals surface area contributed by atoms with Gasteiger partial charge in [-0.3, -0.25) is 0 Å². The quantitative estimate of drug-likeness (QED) is 0.580. The molecule has 2 aromatic rings. The van der Waals surface area contributed by atoms with Crippen LogP contribution in [-0.4, -0.2) is 45.0 Å². The molecule has 0 atom stereocenters. The number of aryl methyl sites for hydroxylation is 1. The molecule has 2 rings (SSSR count). The highest BCUT2D eigenvalue weighted by Crippen LogP contribution is 2.16. The van der Waals surface area contributed by atoms with Gasteiger partial charge in [0.25, 0.3) is 0 Å². The van der Waals surface area contributed by atoms with Crippen molar-refractivity contribution in [1.29, 1.82) is 0 Å². The maximum Gasteiger partial charge on any atom is 0.315 e. The molecule has 0 unspecified atom stereocenters. The third kappa shape index (κ3) is 6.76. The van der Waals surface area contributed by atoms with Gasteiger partial charge in [-0.1, -0.05) is 38.1 Å². The van der Waals surface area contributed by atoms with E-state index in [1.54, 1.807) is 24.3 Å². The maximum absolute atomic E-state index is 12.5. The molecular weight excluding hydrogens is 390 g/mol. The van der Waals surface area contributed by atoms with Crippen molar-refractivity contribution in [3.8, 4) is 5.75 Å². The van der Waals surface area contributed by atoms with Gasteiger partial charge in [-0.15, -0.1) is 0 Å². The summed E-state index contributed by atoms with van der Waals surface area (Å²) in [5, 5.41) is 5.47. The van der Waals surface area contributed by atoms with E-state index >= 15 is 0 Å². The van der Waals surface area contributed by atoms with Crippen LogP contribution in [0.1, 0.15) is 25.0 Å². The summed E-state index contributed by atoms with van der Waals surface area (Å²) in [6.07, 6.45) is 0. The maximum atomic E-state index is 12.5. The molecule has 0 aliphatic rings. The van der Waals surface area contributed by atoms with Gasteiger partial charge < -0.3 is 15.4 Å². The Bertz CT molecular complexity index is 894. The molecule has 0 spiro atoms. The van der Waals surface area contributed by atoms with Crippen molar-refractivity contribution < 1.29 is 17.9 Å². The first-order valence-corrected chi connectivity index (χ1v) is 11.1. The van der Waals surface area contributed by atoms with Gasteiger partial charge in [0.2, 0.25) is 10.0 Å². The number of nitrogens with one attached hydrogen (secondary N) is 2. The van der Waals surface area contributed by atoms with Gasteiger partial charge in [-0.25, -0.2) is 13.2 Å². The van der Waals surface area contributed by atoms with Crippen LogP contribution in [0.25, 0.3) is 0 Å². The minimum Gasteiger partial charge on any atom is -0.492 e. The highest BCUT2D eigenvalue weighted by Gasteiger charge is 2.21. The van der Waals surface area contributed by atoms with Crippen molar-refractivity contribution >= 4 is 16.1 Å². The van der Waals surface area contributed by atoms with Crippen molar-refractivity contribution in [3.63, 3.8) is 0 Å². The molecule has 2 amide bonds. The van der Waals surface area contributed by atoms with Crippen molar-refractivity contribution in [3.05, 3.63) is 59.7 Å². The molecule has 2 N–H and O–H groups in total. The zero-order valence-electron chi connectivity index (χ0n) is 17.1. The van der Waals surface area contributed by atoms with Crippen molar-refractivity contribution in [2.75, 3.05) is 26.2 Å². The number of sulfonamides is 1. The van der Waals surface area contributed by atoms with Crippen molar-refractivity contribution in [2.45, 2.75) is 32.2 Å². The second-order valence-corrected chi connectivity index (χ2v) is 8.45. The Morgan fingerprint density at radius 3 is 2.34 bits per heavy atom. The number of urea groups is 1. The molecule has 0 aromatic heterocycles. The zero-order chi connectivity index (χ0) is 21.3. The molecule has 158 valence electrons. The summed E-state index contributed by atoms with van der Waals surface area (Å²) in [5.41, 5.74) is 1.93. The van der Waals surface area contributed by atoms with Crippen LogP contribution in [0.15, 0.2) is 53.4 Å². The number of hydrogen-bond donors (Lipinski definition) is 2. The molecule has 0 bridgehead atoms. The monoisotopic (exact) mass is 419 g/mol. The third-order valence-corrected chi connectivity index (χ3v) is 6.43. The Labute approximate surface area is 173 Å². The summed E-state index contributed by atoms with van der Waals surface area (Å²) < 4.78 is 31.9. The molecule has 0 saturated carbocycles. The van der Waals surface area contributed by atoms with Crippen LogP contribution in [0, 0.1) is 6.92 Å². The number of benzene rings is 2. The number of rotatable bonds is 10. The number of carbonyl (C=O) groups excluding carboxylic acids is 1. The van der Waals surface area contributed by atoms with Gasteiger partial charge in [0.05, 0.1) is 11.4 Å². The Balaban J connectivity index is 1.76. The molecule has 0 radical (unpaired) electrons. The summed E-state index contributed by atoms with van der Waals surface area (Å²) in [4.78, 5) is 12.1. The average Bonchev–Trinajstić information content (AvgIpc) is 2.71. The van der Waals surface area contributed by atoms with Crippen LogP contribution in [0.4, 0.5) is 4.79 Å². The topological polar surface area (TPSA) is 87.7 Å². The van der Waals surface area contributed by atoms with E-state index in [4.69, 9.17) is 4.74 Å². The van der Waals surface area contributed by atoms with Gasteiger partial charge in [0.1, 0.15) is 12.4 Å². The molecule has 8 heteroatoms. The predicted octanol–water partition coefficient (Wildman–Crippen LogP) is 2.90. The van der Waals surface area contributed by atoms with E-state index in [1.807, 2.05) is 45.0 Å². The summed E-state index contributed by atoms with van der Waals surface area (Å²) in [6, 6.07) is 14.0. The van der Waals surface area contributed by atoms with E-state index in [9.17, 15) is 13.2 Å². The van der Waals surface area contributed by atoms with E-state index in [2.05, 4.69) is 10.6 Å². The van der Waals surface area contributed by atoms with Crippen LogP contribution in [0.3, 0.4) is 0 Å². The lowest BCUT2D eigenvalue weighted by molar-refractivity contribution is 0.236. The van der Waals surface area contributed by atoms with Crippen molar-refractivity contribution in [1.82, 2.24) is 14.9 Å². The first kappa shape index (κ1) is 22.7. The normalized spacial score (nSPS) is 11.3. The average molecular weight is 420 g/mol. The molecule has 0 aliphatic carbocycles. The molecule has 7 nitrogen and oxygen atoms in total. The Kier molecular flexibility index (Phi) is 8.48. The summed E-state index contributed by atoms with van der Waals surface area (Å²) >= 11 is 0. The van der Waals surface area contributed by atoms with E-state index in [0.717, 1.165) is 16.9 Å². The molecule has 0 saturated heterocycles. The number of amides is 2. The van der Waals surface area contributed by atoms with Gasteiger partial charge >= 0.3 is 6.03 Å². The first-order valence-electron chi connectivity index (χ1n) is 9.67. The van der Waals surface area contributed by atoms with E-state index < -0.39 is 10.0 Å². The van der Waals surface area contributed by atoms with Crippen LogP contribution in [0.2, 0.25) is 0 Å². The van der Waals surface area contributed by atoms with Gasteiger partial charge in [-0.05, 0) is 42.3 Å². The largest absolute Gasteiger partial charge is 0.492 e. The predicted molar refractivity (Wildman–Crippen MR) is 113 cm³/mol. The lowest BCUT2D eigenvalue weighted by Gasteiger charge is -2.18. The fourth-order valence-corrected chi connectivity index (χ4v) is 4.23. The summed E-state index contributed by atoms with van der Waals surface area (Å²) in [6.45, 7) is 7.51. The number of hydrogen-bond acceptors (Lipinski definition) is 4. The Hall–Kier alpha value is -2.58. The minimum absolute atomic E-state index is 0.252. The first-order chi connectivity index (χ1) is 13.9. The molecule has 0 fully saturated rings. The summed E-state index contributed by atoms with van der Waals surface area (Å²) in [5.74, 6) is 0.770. The van der Waals surface area contributed by atoms with Crippen LogP contribution in [0.5, 0.6) is 5.75 Å². The van der Waals surface area contributed by atoms with Gasteiger partial charge in [-0.2, -0.15) is 4.31 Å². The minimum atomic E-state index is -3.47. The molecule has 0 aliphatic heterocycles. The lowest BCUT2D eigenvalue weighted by atomic mass is 10.2. The van der Waals surface area contributed by atoms with Gasteiger partial charge in [0, 0.05) is 19.6 Å². The fraction of sp³-hybridized carbons (Fsp3) is 0.381. The summed E-state index contributed by atoms with van der Waals surface area (Å²) in [7, 11) is -3.47. The van der Waals surface area contributed by atoms with Crippen LogP contribution < -0.4 is 15.4 Å². The second-order valence-electron chi connectivity index (χ2n) is 6.51. The smallest absolute Gasteiger partial charge is 0.315 e. The fourth-order valence-electron chi connectivity index (χ4n) is 2.78. The number of nitrogens with zero attached hydrogens (tertiary/aromatic N) is 1. The van der Waals surface area contributed by atoms with E-state index in [-0.39, 0.29) is 10.9 Å². The third-order valence-electron chi connectivity index (χ3n) is 4.37. The molecular formula is C21H29N3O4S. The Morgan fingerprint density at radius 2 is 1.72 bits per heavy atom. The number of carbonyl (C=O) groups is 1. The second kappa shape index (κ2) is 10.8. The van der Waals surface area contributed by atoms with Crippen LogP contribution >= 0.6 is 0 Å². The molecule has 2 aromatic carbocycles.